The van der Waals surface area contributed by atoms with Gasteiger partial charge in [0.25, 0.3) is 5.91 Å². The van der Waals surface area contributed by atoms with Gasteiger partial charge < -0.3 is 11.1 Å². The molecule has 0 bridgehead atoms. The van der Waals surface area contributed by atoms with Gasteiger partial charge in [0.1, 0.15) is 0 Å². The van der Waals surface area contributed by atoms with Gasteiger partial charge in [0.2, 0.25) is 0 Å². The molecule has 2 aromatic rings. The molecule has 18 heavy (non-hydrogen) atoms. The molecule has 92 valence electrons. The Morgan fingerprint density at radius 2 is 2.00 bits per heavy atom. The largest absolute Gasteiger partial charge is 0.397 e. The van der Waals surface area contributed by atoms with Crippen molar-refractivity contribution in [3.8, 4) is 0 Å². The van der Waals surface area contributed by atoms with Crippen molar-refractivity contribution in [2.45, 2.75) is 0 Å². The van der Waals surface area contributed by atoms with Crippen LogP contribution in [0.5, 0.6) is 0 Å². The van der Waals surface area contributed by atoms with Crippen LogP contribution in [0.4, 0.5) is 20.2 Å². The van der Waals surface area contributed by atoms with E-state index in [0.717, 1.165) is 6.07 Å². The molecule has 0 unspecified atom stereocenters. The van der Waals surface area contributed by atoms with Crippen LogP contribution in [-0.4, -0.2) is 10.9 Å². The van der Waals surface area contributed by atoms with Crippen LogP contribution in [0, 0.1) is 11.6 Å². The molecule has 0 aliphatic carbocycles. The molecule has 1 aromatic heterocycles. The fourth-order valence-corrected chi connectivity index (χ4v) is 1.39. The van der Waals surface area contributed by atoms with Crippen LogP contribution in [0.2, 0.25) is 0 Å². The van der Waals surface area contributed by atoms with Crippen LogP contribution in [0.3, 0.4) is 0 Å². The van der Waals surface area contributed by atoms with Crippen LogP contribution >= 0.6 is 0 Å². The minimum atomic E-state index is -1.12. The summed E-state index contributed by atoms with van der Waals surface area (Å²) >= 11 is 0. The summed E-state index contributed by atoms with van der Waals surface area (Å²) in [7, 11) is 0. The molecule has 1 amide bonds. The molecule has 0 atom stereocenters. The summed E-state index contributed by atoms with van der Waals surface area (Å²) in [5, 5.41) is 2.21. The van der Waals surface area contributed by atoms with Gasteiger partial charge in [-0.1, -0.05) is 6.07 Å². The van der Waals surface area contributed by atoms with E-state index >= 15 is 0 Å². The van der Waals surface area contributed by atoms with Crippen molar-refractivity contribution >= 4 is 17.3 Å². The van der Waals surface area contributed by atoms with Gasteiger partial charge >= 0.3 is 0 Å². The lowest BCUT2D eigenvalue weighted by molar-refractivity contribution is 0.102. The van der Waals surface area contributed by atoms with E-state index in [0.29, 0.717) is 0 Å². The zero-order chi connectivity index (χ0) is 13.1. The number of carbonyl (C=O) groups excluding carboxylic acids is 1. The number of nitrogens with two attached hydrogens (primary N) is 1. The monoisotopic (exact) mass is 249 g/mol. The molecule has 0 aliphatic rings. The molecular formula is C12H9F2N3O. The third kappa shape index (κ3) is 2.27. The van der Waals surface area contributed by atoms with Gasteiger partial charge in [-0.05, 0) is 24.3 Å². The van der Waals surface area contributed by atoms with Crippen molar-refractivity contribution in [3.63, 3.8) is 0 Å². The Balaban J connectivity index is 2.27. The van der Waals surface area contributed by atoms with E-state index in [4.69, 9.17) is 5.73 Å². The van der Waals surface area contributed by atoms with Crippen molar-refractivity contribution in [1.82, 2.24) is 4.98 Å². The highest BCUT2D eigenvalue weighted by Gasteiger charge is 2.14. The Morgan fingerprint density at radius 1 is 1.22 bits per heavy atom. The number of anilines is 2. The fourth-order valence-electron chi connectivity index (χ4n) is 1.39. The number of halogens is 2. The van der Waals surface area contributed by atoms with Crippen LogP contribution in [-0.2, 0) is 0 Å². The summed E-state index contributed by atoms with van der Waals surface area (Å²) in [6.07, 6.45) is 1.38. The van der Waals surface area contributed by atoms with Crippen LogP contribution in [0.15, 0.2) is 36.5 Å². The second kappa shape index (κ2) is 4.79. The Kier molecular flexibility index (Phi) is 3.18. The number of amides is 1. The normalized spacial score (nSPS) is 10.1. The second-order valence-electron chi connectivity index (χ2n) is 3.50. The highest BCUT2D eigenvalue weighted by molar-refractivity contribution is 6.06. The average molecular weight is 249 g/mol. The van der Waals surface area contributed by atoms with E-state index in [9.17, 15) is 13.6 Å². The zero-order valence-electron chi connectivity index (χ0n) is 9.15. The molecular weight excluding hydrogens is 240 g/mol. The van der Waals surface area contributed by atoms with Gasteiger partial charge in [-0.25, -0.2) is 13.8 Å². The molecule has 0 saturated carbocycles. The van der Waals surface area contributed by atoms with E-state index in [1.807, 2.05) is 0 Å². The molecule has 6 heteroatoms. The average Bonchev–Trinajstić information content (AvgIpc) is 2.35. The minimum Gasteiger partial charge on any atom is -0.397 e. The summed E-state index contributed by atoms with van der Waals surface area (Å²) in [4.78, 5) is 15.5. The number of nitrogens with zero attached hydrogens (tertiary/aromatic N) is 1. The number of pyridine rings is 1. The number of rotatable bonds is 2. The van der Waals surface area contributed by atoms with E-state index in [-0.39, 0.29) is 17.1 Å². The Labute approximate surface area is 101 Å². The maximum absolute atomic E-state index is 13.3. The molecule has 4 nitrogen and oxygen atoms in total. The third-order valence-electron chi connectivity index (χ3n) is 2.25. The first-order valence-electron chi connectivity index (χ1n) is 5.05. The number of nitrogen functional groups attached to an aromatic ring is 1. The SMILES string of the molecule is Nc1cccnc1C(=O)Nc1cccc(F)c1F. The van der Waals surface area contributed by atoms with Gasteiger partial charge in [0.15, 0.2) is 17.3 Å². The molecule has 1 heterocycles. The van der Waals surface area contributed by atoms with Crippen molar-refractivity contribution in [3.05, 3.63) is 53.9 Å². The van der Waals surface area contributed by atoms with Gasteiger partial charge in [-0.15, -0.1) is 0 Å². The molecule has 0 saturated heterocycles. The second-order valence-corrected chi connectivity index (χ2v) is 3.50. The van der Waals surface area contributed by atoms with Crippen molar-refractivity contribution in [2.75, 3.05) is 11.1 Å². The predicted molar refractivity (Wildman–Crippen MR) is 63.0 cm³/mol. The number of carbonyl (C=O) groups is 1. The molecule has 0 spiro atoms. The smallest absolute Gasteiger partial charge is 0.276 e. The minimum absolute atomic E-state index is 0.0406. The Morgan fingerprint density at radius 3 is 2.72 bits per heavy atom. The Bertz CT molecular complexity index is 602. The highest BCUT2D eigenvalue weighted by atomic mass is 19.2. The van der Waals surface area contributed by atoms with E-state index in [2.05, 4.69) is 10.3 Å². The van der Waals surface area contributed by atoms with Crippen LogP contribution in [0.25, 0.3) is 0 Å². The summed E-state index contributed by atoms with van der Waals surface area (Å²) in [5.41, 5.74) is 5.41. The van der Waals surface area contributed by atoms with Crippen LogP contribution in [0.1, 0.15) is 10.5 Å². The van der Waals surface area contributed by atoms with Crippen molar-refractivity contribution < 1.29 is 13.6 Å². The standard InChI is InChI=1S/C12H9F2N3O/c13-7-3-1-5-9(10(7)14)17-12(18)11-8(15)4-2-6-16-11/h1-6H,15H2,(H,17,18). The van der Waals surface area contributed by atoms with E-state index < -0.39 is 17.5 Å². The third-order valence-corrected chi connectivity index (χ3v) is 2.25. The lowest BCUT2D eigenvalue weighted by Gasteiger charge is -2.07. The van der Waals surface area contributed by atoms with Gasteiger partial charge in [-0.2, -0.15) is 0 Å². The molecule has 0 aliphatic heterocycles. The van der Waals surface area contributed by atoms with E-state index in [1.165, 1.54) is 24.4 Å². The highest BCUT2D eigenvalue weighted by Crippen LogP contribution is 2.18. The van der Waals surface area contributed by atoms with Gasteiger partial charge in [0.05, 0.1) is 11.4 Å². The summed E-state index contributed by atoms with van der Waals surface area (Å²) < 4.78 is 26.3. The zero-order valence-corrected chi connectivity index (χ0v) is 9.15. The number of hydrogen-bond acceptors (Lipinski definition) is 3. The predicted octanol–water partition coefficient (Wildman–Crippen LogP) is 2.19. The lowest BCUT2D eigenvalue weighted by atomic mass is 10.2. The number of hydrogen-bond donors (Lipinski definition) is 2. The maximum atomic E-state index is 13.3. The molecule has 1 aromatic carbocycles. The van der Waals surface area contributed by atoms with Crippen molar-refractivity contribution in [1.29, 1.82) is 0 Å². The molecule has 3 N–H and O–H groups in total. The first kappa shape index (κ1) is 12.0. The summed E-state index contributed by atoms with van der Waals surface area (Å²) in [6.45, 7) is 0. The Hall–Kier alpha value is -2.50. The van der Waals surface area contributed by atoms with Crippen LogP contribution < -0.4 is 11.1 Å². The quantitative estimate of drug-likeness (QED) is 0.857. The summed E-state index contributed by atoms with van der Waals surface area (Å²) in [6, 6.07) is 6.55. The molecule has 0 fully saturated rings. The first-order chi connectivity index (χ1) is 8.59. The molecule has 2 rings (SSSR count). The topological polar surface area (TPSA) is 68.0 Å². The maximum Gasteiger partial charge on any atom is 0.276 e. The van der Waals surface area contributed by atoms with Gasteiger partial charge in [-0.3, -0.25) is 4.79 Å². The van der Waals surface area contributed by atoms with Crippen molar-refractivity contribution in [2.24, 2.45) is 0 Å². The van der Waals surface area contributed by atoms with E-state index in [1.54, 1.807) is 6.07 Å². The lowest BCUT2D eigenvalue weighted by Crippen LogP contribution is -2.16. The van der Waals surface area contributed by atoms with Gasteiger partial charge in [0, 0.05) is 6.20 Å². The summed E-state index contributed by atoms with van der Waals surface area (Å²) in [5.74, 6) is -2.86. The first-order valence-corrected chi connectivity index (χ1v) is 5.05. The number of aromatic nitrogens is 1. The molecule has 0 radical (unpaired) electrons. The number of benzene rings is 1. The number of nitrogens with one attached hydrogen (secondary N) is 1. The fraction of sp³-hybridized carbons (Fsp3) is 0.